The number of carboxylic acid groups (broad SMARTS) is 1. The average Bonchev–Trinajstić information content (AvgIpc) is 2.14. The van der Waals surface area contributed by atoms with Crippen LogP contribution in [0.15, 0.2) is 0 Å². The zero-order valence-electron chi connectivity index (χ0n) is 7.40. The number of rotatable bonds is 2. The number of methoxy groups -OCH3 is 1. The minimum atomic E-state index is -1.67. The molecule has 0 aliphatic carbocycles. The number of hydrogen-bond acceptors (Lipinski definition) is 6. The van der Waals surface area contributed by atoms with Gasteiger partial charge in [0.1, 0.15) is 18.3 Å². The monoisotopic (exact) mass is 208 g/mol. The van der Waals surface area contributed by atoms with E-state index in [1.165, 1.54) is 7.11 Å². The molecular formula is C7H12O7. The molecule has 4 N–H and O–H groups in total. The molecule has 4 unspecified atom stereocenters. The lowest BCUT2D eigenvalue weighted by atomic mass is 9.99. The summed E-state index contributed by atoms with van der Waals surface area (Å²) in [4.78, 5) is 10.5. The normalized spacial score (nSPS) is 43.6. The van der Waals surface area contributed by atoms with E-state index >= 15 is 0 Å². The average molecular weight is 208 g/mol. The fourth-order valence-corrected chi connectivity index (χ4v) is 1.25. The van der Waals surface area contributed by atoms with Crippen molar-refractivity contribution in [2.24, 2.45) is 0 Å². The quantitative estimate of drug-likeness (QED) is 0.397. The molecule has 0 aromatic carbocycles. The standard InChI is InChI=1S/C7H12O7/c1-13-7-4(10)2(8)3(9)5(14-7)6(11)12/h2-5,7-10H,1H3,(H,11,12)/t2?,3?,4?,5?,7-/m1/s1. The second-order valence-electron chi connectivity index (χ2n) is 2.97. The van der Waals surface area contributed by atoms with Gasteiger partial charge in [-0.05, 0) is 0 Å². The molecule has 0 spiro atoms. The smallest absolute Gasteiger partial charge is 0.335 e. The summed E-state index contributed by atoms with van der Waals surface area (Å²) >= 11 is 0. The van der Waals surface area contributed by atoms with E-state index < -0.39 is 36.7 Å². The van der Waals surface area contributed by atoms with Gasteiger partial charge in [-0.3, -0.25) is 0 Å². The first-order chi connectivity index (χ1) is 6.49. The van der Waals surface area contributed by atoms with Gasteiger partial charge >= 0.3 is 5.97 Å². The van der Waals surface area contributed by atoms with Gasteiger partial charge in [-0.2, -0.15) is 0 Å². The summed E-state index contributed by atoms with van der Waals surface area (Å²) in [7, 11) is 1.19. The Morgan fingerprint density at radius 1 is 1.21 bits per heavy atom. The fraction of sp³-hybridized carbons (Fsp3) is 0.857. The first-order valence-electron chi connectivity index (χ1n) is 3.94. The Morgan fingerprint density at radius 3 is 2.21 bits per heavy atom. The molecule has 0 aromatic heterocycles. The second-order valence-corrected chi connectivity index (χ2v) is 2.97. The van der Waals surface area contributed by atoms with Crippen LogP contribution < -0.4 is 0 Å². The molecule has 1 heterocycles. The number of carboxylic acids is 1. The van der Waals surface area contributed by atoms with E-state index in [4.69, 9.17) is 9.84 Å². The Hall–Kier alpha value is -0.730. The van der Waals surface area contributed by atoms with E-state index in [-0.39, 0.29) is 0 Å². The Labute approximate surface area is 79.5 Å². The molecule has 14 heavy (non-hydrogen) atoms. The molecule has 7 heteroatoms. The summed E-state index contributed by atoms with van der Waals surface area (Å²) in [5.74, 6) is -1.43. The van der Waals surface area contributed by atoms with Gasteiger partial charge in [-0.25, -0.2) is 4.79 Å². The Bertz CT molecular complexity index is 216. The predicted molar refractivity (Wildman–Crippen MR) is 41.3 cm³/mol. The van der Waals surface area contributed by atoms with E-state index in [1.807, 2.05) is 0 Å². The molecule has 0 amide bonds. The highest BCUT2D eigenvalue weighted by molar-refractivity contribution is 5.73. The van der Waals surface area contributed by atoms with Crippen molar-refractivity contribution in [3.8, 4) is 0 Å². The number of aliphatic carboxylic acids is 1. The van der Waals surface area contributed by atoms with E-state index in [0.29, 0.717) is 0 Å². The van der Waals surface area contributed by atoms with Crippen LogP contribution in [-0.2, 0) is 14.3 Å². The van der Waals surface area contributed by atoms with Crippen molar-refractivity contribution in [3.05, 3.63) is 0 Å². The number of aliphatic hydroxyl groups excluding tert-OH is 3. The zero-order valence-corrected chi connectivity index (χ0v) is 7.40. The summed E-state index contributed by atoms with van der Waals surface area (Å²) in [6, 6.07) is 0. The molecule has 0 saturated carbocycles. The summed E-state index contributed by atoms with van der Waals surface area (Å²) in [6.07, 6.45) is -7.60. The highest BCUT2D eigenvalue weighted by Crippen LogP contribution is 2.21. The molecule has 0 bridgehead atoms. The number of ether oxygens (including phenoxy) is 2. The summed E-state index contributed by atoms with van der Waals surface area (Å²) in [5.41, 5.74) is 0. The van der Waals surface area contributed by atoms with Gasteiger partial charge in [0.05, 0.1) is 0 Å². The molecular weight excluding hydrogens is 196 g/mol. The van der Waals surface area contributed by atoms with Crippen molar-refractivity contribution in [1.82, 2.24) is 0 Å². The van der Waals surface area contributed by atoms with Gasteiger partial charge in [0, 0.05) is 7.11 Å². The zero-order chi connectivity index (χ0) is 10.9. The molecule has 1 saturated heterocycles. The maximum atomic E-state index is 10.5. The van der Waals surface area contributed by atoms with Crippen molar-refractivity contribution >= 4 is 5.97 Å². The number of hydrogen-bond donors (Lipinski definition) is 4. The van der Waals surface area contributed by atoms with E-state index in [1.54, 1.807) is 0 Å². The van der Waals surface area contributed by atoms with Crippen LogP contribution in [0.2, 0.25) is 0 Å². The maximum Gasteiger partial charge on any atom is 0.335 e. The topological polar surface area (TPSA) is 116 Å². The van der Waals surface area contributed by atoms with Crippen LogP contribution >= 0.6 is 0 Å². The van der Waals surface area contributed by atoms with Crippen molar-refractivity contribution in [3.63, 3.8) is 0 Å². The fourth-order valence-electron chi connectivity index (χ4n) is 1.25. The molecule has 1 aliphatic heterocycles. The number of aliphatic hydroxyl groups is 3. The predicted octanol–water partition coefficient (Wildman–Crippen LogP) is -2.47. The Morgan fingerprint density at radius 2 is 1.79 bits per heavy atom. The molecule has 1 aliphatic rings. The van der Waals surface area contributed by atoms with Gasteiger partial charge in [-0.1, -0.05) is 0 Å². The highest BCUT2D eigenvalue weighted by atomic mass is 16.7. The molecule has 1 fully saturated rings. The van der Waals surface area contributed by atoms with Crippen LogP contribution in [0.4, 0.5) is 0 Å². The lowest BCUT2D eigenvalue weighted by Crippen LogP contribution is -2.60. The SMILES string of the molecule is CO[C@@H]1OC(C(=O)O)C(O)C(O)C1O. The van der Waals surface area contributed by atoms with E-state index in [2.05, 4.69) is 4.74 Å². The molecule has 5 atom stereocenters. The van der Waals surface area contributed by atoms with Gasteiger partial charge < -0.3 is 29.9 Å². The van der Waals surface area contributed by atoms with Crippen LogP contribution in [0.1, 0.15) is 0 Å². The maximum absolute atomic E-state index is 10.5. The van der Waals surface area contributed by atoms with Crippen LogP contribution in [0.25, 0.3) is 0 Å². The molecule has 0 aromatic rings. The lowest BCUT2D eigenvalue weighted by Gasteiger charge is -2.37. The third kappa shape index (κ3) is 1.86. The minimum absolute atomic E-state index is 1.19. The highest BCUT2D eigenvalue weighted by Gasteiger charge is 2.46. The van der Waals surface area contributed by atoms with Crippen molar-refractivity contribution < 1.29 is 34.7 Å². The molecule has 1 rings (SSSR count). The van der Waals surface area contributed by atoms with Gasteiger partial charge in [0.15, 0.2) is 12.4 Å². The van der Waals surface area contributed by atoms with E-state index in [9.17, 15) is 20.1 Å². The molecule has 82 valence electrons. The van der Waals surface area contributed by atoms with E-state index in [0.717, 1.165) is 0 Å². The van der Waals surface area contributed by atoms with Gasteiger partial charge in [-0.15, -0.1) is 0 Å². The van der Waals surface area contributed by atoms with Gasteiger partial charge in [0.25, 0.3) is 0 Å². The lowest BCUT2D eigenvalue weighted by molar-refractivity contribution is -0.287. The van der Waals surface area contributed by atoms with Crippen LogP contribution in [0.3, 0.4) is 0 Å². The van der Waals surface area contributed by atoms with Gasteiger partial charge in [0.2, 0.25) is 0 Å². The Balaban J connectivity index is 2.78. The van der Waals surface area contributed by atoms with Crippen molar-refractivity contribution in [2.75, 3.05) is 7.11 Å². The first-order valence-corrected chi connectivity index (χ1v) is 3.94. The largest absolute Gasteiger partial charge is 0.479 e. The van der Waals surface area contributed by atoms with Crippen LogP contribution in [0.5, 0.6) is 0 Å². The number of carbonyl (C=O) groups is 1. The van der Waals surface area contributed by atoms with Crippen LogP contribution in [0, 0.1) is 0 Å². The Kier molecular flexibility index (Phi) is 3.40. The third-order valence-electron chi connectivity index (χ3n) is 2.05. The summed E-state index contributed by atoms with van der Waals surface area (Å²) in [5, 5.41) is 36.3. The van der Waals surface area contributed by atoms with Crippen LogP contribution in [-0.4, -0.2) is 64.2 Å². The summed E-state index contributed by atoms with van der Waals surface area (Å²) < 4.78 is 9.31. The van der Waals surface area contributed by atoms with Crippen molar-refractivity contribution in [1.29, 1.82) is 0 Å². The first kappa shape index (κ1) is 11.3. The second kappa shape index (κ2) is 4.20. The minimum Gasteiger partial charge on any atom is -0.479 e. The molecule has 0 radical (unpaired) electrons. The summed E-state index contributed by atoms with van der Waals surface area (Å²) in [6.45, 7) is 0. The molecule has 7 nitrogen and oxygen atoms in total. The van der Waals surface area contributed by atoms with Crippen molar-refractivity contribution in [2.45, 2.75) is 30.7 Å². The third-order valence-corrected chi connectivity index (χ3v) is 2.05.